The predicted octanol–water partition coefficient (Wildman–Crippen LogP) is 4.93. The van der Waals surface area contributed by atoms with Gasteiger partial charge in [-0.05, 0) is 44.2 Å². The van der Waals surface area contributed by atoms with E-state index >= 15 is 0 Å². The molecule has 5 rings (SSSR count). The fourth-order valence-electron chi connectivity index (χ4n) is 3.58. The first-order chi connectivity index (χ1) is 17.0. The van der Waals surface area contributed by atoms with Crippen molar-refractivity contribution in [2.24, 2.45) is 5.10 Å². The van der Waals surface area contributed by atoms with Gasteiger partial charge in [0.1, 0.15) is 11.3 Å². The maximum Gasteiger partial charge on any atom is 0.250 e. The molecule has 2 aromatic carbocycles. The molecule has 0 saturated carbocycles. The average molecular weight is 483 g/mol. The van der Waals surface area contributed by atoms with Gasteiger partial charge in [0.15, 0.2) is 10.9 Å². The second-order valence-electron chi connectivity index (χ2n) is 7.88. The first kappa shape index (κ1) is 22.5. The molecule has 0 aliphatic heterocycles. The van der Waals surface area contributed by atoms with Crippen LogP contribution in [0.4, 0.5) is 0 Å². The summed E-state index contributed by atoms with van der Waals surface area (Å²) in [5.74, 6) is 0.519. The number of thioether (sulfide) groups is 1. The van der Waals surface area contributed by atoms with Crippen molar-refractivity contribution in [1.29, 1.82) is 0 Å². The highest BCUT2D eigenvalue weighted by Crippen LogP contribution is 2.29. The summed E-state index contributed by atoms with van der Waals surface area (Å²) in [5, 5.41) is 10.4. The molecule has 0 atom stereocenters. The lowest BCUT2D eigenvalue weighted by Crippen LogP contribution is -2.19. The molecule has 35 heavy (non-hydrogen) atoms. The molecule has 1 amide bonds. The van der Waals surface area contributed by atoms with Gasteiger partial charge in [-0.15, -0.1) is 0 Å². The number of nitrogens with zero attached hydrogens (tertiary/aromatic N) is 5. The van der Waals surface area contributed by atoms with Crippen LogP contribution in [0.3, 0.4) is 0 Å². The third-order valence-corrected chi connectivity index (χ3v) is 5.96. The fraction of sp³-hybridized carbons (Fsp3) is 0.115. The highest BCUT2D eigenvalue weighted by atomic mass is 32.2. The molecule has 0 aliphatic carbocycles. The minimum atomic E-state index is -0.255. The van der Waals surface area contributed by atoms with Gasteiger partial charge < -0.3 is 4.42 Å². The Morgan fingerprint density at radius 1 is 1.06 bits per heavy atom. The van der Waals surface area contributed by atoms with Crippen LogP contribution < -0.4 is 5.43 Å². The zero-order valence-corrected chi connectivity index (χ0v) is 20.0. The second kappa shape index (κ2) is 9.94. The van der Waals surface area contributed by atoms with E-state index in [0.717, 1.165) is 28.0 Å². The SMILES string of the molecule is Cc1cc(C)nc(SCC(=O)NN=Cc2cn(-c3ccccc3)nc2-c2cc3ccccc3o2)n1. The van der Waals surface area contributed by atoms with Gasteiger partial charge in [-0.25, -0.2) is 20.1 Å². The van der Waals surface area contributed by atoms with Crippen LogP contribution in [0.2, 0.25) is 0 Å². The Labute approximate surface area is 206 Å². The molecule has 1 N–H and O–H groups in total. The van der Waals surface area contributed by atoms with Gasteiger partial charge in [0, 0.05) is 28.5 Å². The van der Waals surface area contributed by atoms with E-state index in [9.17, 15) is 4.79 Å². The molecule has 0 saturated heterocycles. The molecule has 3 aromatic heterocycles. The number of aromatic nitrogens is 4. The van der Waals surface area contributed by atoms with Crippen LogP contribution in [0.1, 0.15) is 17.0 Å². The average Bonchev–Trinajstić information content (AvgIpc) is 3.47. The Hall–Kier alpha value is -4.24. The van der Waals surface area contributed by atoms with Gasteiger partial charge in [-0.1, -0.05) is 48.2 Å². The summed E-state index contributed by atoms with van der Waals surface area (Å²) in [7, 11) is 0. The Morgan fingerprint density at radius 3 is 2.57 bits per heavy atom. The molecule has 0 fully saturated rings. The largest absolute Gasteiger partial charge is 0.454 e. The second-order valence-corrected chi connectivity index (χ2v) is 8.82. The van der Waals surface area contributed by atoms with Crippen LogP contribution in [0, 0.1) is 13.8 Å². The summed E-state index contributed by atoms with van der Waals surface area (Å²) in [6.45, 7) is 3.80. The number of benzene rings is 2. The van der Waals surface area contributed by atoms with E-state index in [1.165, 1.54) is 11.8 Å². The predicted molar refractivity (Wildman–Crippen MR) is 137 cm³/mol. The number of hydrazone groups is 1. The third-order valence-electron chi connectivity index (χ3n) is 5.11. The Bertz CT molecular complexity index is 1470. The van der Waals surface area contributed by atoms with Crippen LogP contribution in [0.25, 0.3) is 28.1 Å². The molecule has 0 unspecified atom stereocenters. The molecule has 0 spiro atoms. The van der Waals surface area contributed by atoms with Crippen molar-refractivity contribution in [3.63, 3.8) is 0 Å². The molecular weight excluding hydrogens is 460 g/mol. The highest BCUT2D eigenvalue weighted by Gasteiger charge is 2.15. The molecule has 0 aliphatic rings. The summed E-state index contributed by atoms with van der Waals surface area (Å²) >= 11 is 1.27. The van der Waals surface area contributed by atoms with Crippen LogP contribution in [0.5, 0.6) is 0 Å². The molecule has 174 valence electrons. The number of nitrogens with one attached hydrogen (secondary N) is 1. The van der Waals surface area contributed by atoms with Crippen molar-refractivity contribution < 1.29 is 9.21 Å². The van der Waals surface area contributed by atoms with E-state index in [-0.39, 0.29) is 11.7 Å². The first-order valence-electron chi connectivity index (χ1n) is 11.0. The zero-order valence-electron chi connectivity index (χ0n) is 19.2. The number of aryl methyl sites for hydroxylation is 2. The molecule has 0 bridgehead atoms. The van der Waals surface area contributed by atoms with Crippen molar-refractivity contribution in [2.75, 3.05) is 5.75 Å². The third kappa shape index (κ3) is 5.30. The topological polar surface area (TPSA) is 98.2 Å². The van der Waals surface area contributed by atoms with E-state index in [4.69, 9.17) is 9.52 Å². The Kier molecular flexibility index (Phi) is 6.40. The van der Waals surface area contributed by atoms with E-state index in [2.05, 4.69) is 20.5 Å². The van der Waals surface area contributed by atoms with Crippen LogP contribution in [0.15, 0.2) is 87.6 Å². The van der Waals surface area contributed by atoms with Gasteiger partial charge in [0.2, 0.25) is 0 Å². The molecule has 5 aromatic rings. The first-order valence-corrected chi connectivity index (χ1v) is 11.9. The summed E-state index contributed by atoms with van der Waals surface area (Å²) in [6, 6.07) is 21.4. The van der Waals surface area contributed by atoms with E-state index in [1.54, 1.807) is 10.9 Å². The van der Waals surface area contributed by atoms with Gasteiger partial charge in [0.05, 0.1) is 17.7 Å². The number of carbonyl (C=O) groups is 1. The van der Waals surface area contributed by atoms with Gasteiger partial charge in [-0.3, -0.25) is 4.79 Å². The molecular formula is C26H22N6O2S. The van der Waals surface area contributed by atoms with Crippen molar-refractivity contribution in [3.8, 4) is 17.1 Å². The maximum atomic E-state index is 12.3. The summed E-state index contributed by atoms with van der Waals surface area (Å²) in [5.41, 5.74) is 7.32. The lowest BCUT2D eigenvalue weighted by molar-refractivity contribution is -0.118. The van der Waals surface area contributed by atoms with E-state index < -0.39 is 0 Å². The molecule has 0 radical (unpaired) electrons. The highest BCUT2D eigenvalue weighted by molar-refractivity contribution is 7.99. The van der Waals surface area contributed by atoms with Crippen molar-refractivity contribution in [2.45, 2.75) is 19.0 Å². The number of carbonyl (C=O) groups excluding carboxylic acids is 1. The van der Waals surface area contributed by atoms with Crippen LogP contribution in [-0.4, -0.2) is 37.6 Å². The minimum absolute atomic E-state index is 0.153. The normalized spacial score (nSPS) is 11.4. The van der Waals surface area contributed by atoms with Crippen molar-refractivity contribution in [1.82, 2.24) is 25.2 Å². The molecule has 3 heterocycles. The number of hydrogen-bond acceptors (Lipinski definition) is 7. The van der Waals surface area contributed by atoms with E-state index in [0.29, 0.717) is 22.2 Å². The maximum absolute atomic E-state index is 12.3. The van der Waals surface area contributed by atoms with Crippen molar-refractivity contribution in [3.05, 3.63) is 89.9 Å². The number of fused-ring (bicyclic) bond motifs is 1. The monoisotopic (exact) mass is 482 g/mol. The van der Waals surface area contributed by atoms with E-state index in [1.807, 2.05) is 86.8 Å². The molecule has 8 nitrogen and oxygen atoms in total. The minimum Gasteiger partial charge on any atom is -0.454 e. The number of amides is 1. The summed E-state index contributed by atoms with van der Waals surface area (Å²) in [4.78, 5) is 21.0. The fourth-order valence-corrected chi connectivity index (χ4v) is 4.32. The number of para-hydroxylation sites is 2. The number of furan rings is 1. The summed E-state index contributed by atoms with van der Waals surface area (Å²) in [6.07, 6.45) is 3.43. The number of hydrogen-bond donors (Lipinski definition) is 1. The smallest absolute Gasteiger partial charge is 0.250 e. The van der Waals surface area contributed by atoms with Gasteiger partial charge in [0.25, 0.3) is 5.91 Å². The molecule has 9 heteroatoms. The number of rotatable bonds is 7. The van der Waals surface area contributed by atoms with Crippen LogP contribution in [-0.2, 0) is 4.79 Å². The van der Waals surface area contributed by atoms with Gasteiger partial charge >= 0.3 is 0 Å². The standard InChI is InChI=1S/C26H22N6O2S/c1-17-12-18(2)29-26(28-17)35-16-24(33)30-27-14-20-15-32(21-9-4-3-5-10-21)31-25(20)23-13-19-8-6-7-11-22(19)34-23/h3-15H,16H2,1-2H3,(H,30,33). The van der Waals surface area contributed by atoms with Crippen LogP contribution >= 0.6 is 11.8 Å². The Balaban J connectivity index is 1.36. The van der Waals surface area contributed by atoms with Crippen molar-refractivity contribution >= 4 is 34.9 Å². The summed E-state index contributed by atoms with van der Waals surface area (Å²) < 4.78 is 7.80. The quantitative estimate of drug-likeness (QED) is 0.153. The lowest BCUT2D eigenvalue weighted by Gasteiger charge is -2.02. The van der Waals surface area contributed by atoms with Gasteiger partial charge in [-0.2, -0.15) is 10.2 Å². The zero-order chi connectivity index (χ0) is 24.2. The lowest BCUT2D eigenvalue weighted by atomic mass is 10.2. The Morgan fingerprint density at radius 2 is 1.80 bits per heavy atom.